The molecular weight excluding hydrogens is 248 g/mol. The molecule has 5 unspecified atom stereocenters. The lowest BCUT2D eigenvalue weighted by atomic mass is 9.95. The third kappa shape index (κ3) is 4.39. The molecule has 0 spiro atoms. The van der Waals surface area contributed by atoms with Gasteiger partial charge in [-0.3, -0.25) is 0 Å². The van der Waals surface area contributed by atoms with E-state index in [4.69, 9.17) is 23.7 Å². The van der Waals surface area contributed by atoms with E-state index < -0.39 is 0 Å². The molecule has 1 saturated heterocycles. The van der Waals surface area contributed by atoms with E-state index in [0.29, 0.717) is 19.8 Å². The summed E-state index contributed by atoms with van der Waals surface area (Å²) in [7, 11) is 3.34. The van der Waals surface area contributed by atoms with Crippen molar-refractivity contribution < 1.29 is 23.7 Å². The van der Waals surface area contributed by atoms with Gasteiger partial charge in [0, 0.05) is 27.4 Å². The fraction of sp³-hybridized carbons (Fsp3) is 1.00. The van der Waals surface area contributed by atoms with Crippen LogP contribution in [-0.4, -0.2) is 64.6 Å². The molecule has 0 bridgehead atoms. The highest BCUT2D eigenvalue weighted by atomic mass is 16.6. The van der Waals surface area contributed by atoms with Gasteiger partial charge in [0.1, 0.15) is 24.4 Å². The fourth-order valence-electron chi connectivity index (χ4n) is 2.55. The molecule has 0 amide bonds. The molecule has 5 atom stereocenters. The monoisotopic (exact) mass is 276 g/mol. The highest BCUT2D eigenvalue weighted by Crippen LogP contribution is 2.27. The minimum absolute atomic E-state index is 0.0327. The minimum atomic E-state index is -0.169. The Morgan fingerprint density at radius 2 is 1.74 bits per heavy atom. The van der Waals surface area contributed by atoms with Crippen molar-refractivity contribution in [3.8, 4) is 0 Å². The molecule has 1 rings (SSSR count). The normalized spacial score (nSPS) is 35.5. The van der Waals surface area contributed by atoms with Gasteiger partial charge < -0.3 is 23.7 Å². The summed E-state index contributed by atoms with van der Waals surface area (Å²) in [5.41, 5.74) is 0. The van der Waals surface area contributed by atoms with Gasteiger partial charge in [-0.05, 0) is 20.3 Å². The molecule has 0 N–H and O–H groups in total. The van der Waals surface area contributed by atoms with Crippen LogP contribution in [0.4, 0.5) is 0 Å². The standard InChI is InChI=1S/C14H28O5/c1-6-8-18-12-10(3)19-11(9-15-4)13(16-5)14(12)17-7-2/h10-14H,6-9H2,1-5H3. The van der Waals surface area contributed by atoms with Crippen LogP contribution in [0.25, 0.3) is 0 Å². The average molecular weight is 276 g/mol. The van der Waals surface area contributed by atoms with Gasteiger partial charge in [0.15, 0.2) is 0 Å². The van der Waals surface area contributed by atoms with Gasteiger partial charge in [0.2, 0.25) is 0 Å². The summed E-state index contributed by atoms with van der Waals surface area (Å²) in [6.07, 6.45) is 0.431. The van der Waals surface area contributed by atoms with Crippen LogP contribution in [0.3, 0.4) is 0 Å². The van der Waals surface area contributed by atoms with Crippen molar-refractivity contribution in [1.82, 2.24) is 0 Å². The van der Waals surface area contributed by atoms with Gasteiger partial charge in [-0.15, -0.1) is 0 Å². The molecule has 5 heteroatoms. The minimum Gasteiger partial charge on any atom is -0.382 e. The predicted molar refractivity (Wildman–Crippen MR) is 72.5 cm³/mol. The van der Waals surface area contributed by atoms with E-state index in [-0.39, 0.29) is 30.5 Å². The molecule has 114 valence electrons. The second kappa shape index (κ2) is 8.87. The zero-order valence-electron chi connectivity index (χ0n) is 12.8. The lowest BCUT2D eigenvalue weighted by molar-refractivity contribution is -0.254. The summed E-state index contributed by atoms with van der Waals surface area (Å²) in [6.45, 7) is 7.91. The van der Waals surface area contributed by atoms with Gasteiger partial charge in [0.25, 0.3) is 0 Å². The summed E-state index contributed by atoms with van der Waals surface area (Å²) in [5.74, 6) is 0. The van der Waals surface area contributed by atoms with E-state index in [0.717, 1.165) is 6.42 Å². The smallest absolute Gasteiger partial charge is 0.115 e. The molecule has 0 aromatic carbocycles. The predicted octanol–water partition coefficient (Wildman–Crippen LogP) is 1.64. The topological polar surface area (TPSA) is 46.2 Å². The Morgan fingerprint density at radius 1 is 1.00 bits per heavy atom. The van der Waals surface area contributed by atoms with E-state index in [1.807, 2.05) is 13.8 Å². The van der Waals surface area contributed by atoms with Crippen LogP contribution in [-0.2, 0) is 23.7 Å². The number of rotatable bonds is 8. The lowest BCUT2D eigenvalue weighted by Crippen LogP contribution is -2.60. The maximum Gasteiger partial charge on any atom is 0.115 e. The van der Waals surface area contributed by atoms with Crippen molar-refractivity contribution in [3.05, 3.63) is 0 Å². The molecule has 1 fully saturated rings. The molecule has 0 saturated carbocycles. The Kier molecular flexibility index (Phi) is 7.87. The molecule has 19 heavy (non-hydrogen) atoms. The number of hydrogen-bond acceptors (Lipinski definition) is 5. The van der Waals surface area contributed by atoms with Crippen molar-refractivity contribution in [1.29, 1.82) is 0 Å². The highest BCUT2D eigenvalue weighted by molar-refractivity contribution is 4.93. The van der Waals surface area contributed by atoms with Gasteiger partial charge >= 0.3 is 0 Å². The zero-order chi connectivity index (χ0) is 14.3. The Hall–Kier alpha value is -0.200. The second-order valence-corrected chi connectivity index (χ2v) is 4.79. The number of ether oxygens (including phenoxy) is 5. The van der Waals surface area contributed by atoms with E-state index in [9.17, 15) is 0 Å². The first-order valence-electron chi connectivity index (χ1n) is 7.09. The van der Waals surface area contributed by atoms with Crippen LogP contribution in [0.15, 0.2) is 0 Å². The summed E-state index contributed by atoms with van der Waals surface area (Å²) < 4.78 is 28.5. The molecule has 1 aliphatic heterocycles. The number of hydrogen-bond donors (Lipinski definition) is 0. The van der Waals surface area contributed by atoms with Crippen LogP contribution in [0, 0.1) is 0 Å². The molecule has 0 aromatic rings. The first kappa shape index (κ1) is 16.9. The highest BCUT2D eigenvalue weighted by Gasteiger charge is 2.45. The third-order valence-corrected chi connectivity index (χ3v) is 3.34. The van der Waals surface area contributed by atoms with Crippen LogP contribution >= 0.6 is 0 Å². The van der Waals surface area contributed by atoms with Gasteiger partial charge in [0.05, 0.1) is 12.7 Å². The Balaban J connectivity index is 2.79. The van der Waals surface area contributed by atoms with E-state index in [1.165, 1.54) is 0 Å². The van der Waals surface area contributed by atoms with Gasteiger partial charge in [-0.2, -0.15) is 0 Å². The quantitative estimate of drug-likeness (QED) is 0.674. The molecule has 1 aliphatic rings. The molecule has 1 heterocycles. The maximum atomic E-state index is 5.96. The Bertz CT molecular complexity index is 234. The largest absolute Gasteiger partial charge is 0.382 e. The van der Waals surface area contributed by atoms with Gasteiger partial charge in [-0.25, -0.2) is 0 Å². The van der Waals surface area contributed by atoms with Crippen LogP contribution in [0.1, 0.15) is 27.2 Å². The molecular formula is C14H28O5. The van der Waals surface area contributed by atoms with Crippen LogP contribution < -0.4 is 0 Å². The van der Waals surface area contributed by atoms with Crippen molar-refractivity contribution in [2.45, 2.75) is 57.7 Å². The summed E-state index contributed by atoms with van der Waals surface area (Å²) >= 11 is 0. The van der Waals surface area contributed by atoms with Crippen LogP contribution in [0.5, 0.6) is 0 Å². The number of methoxy groups -OCH3 is 2. The fourth-order valence-corrected chi connectivity index (χ4v) is 2.55. The SMILES string of the molecule is CCCOC1C(C)OC(COC)C(OC)C1OCC. The molecule has 0 aliphatic carbocycles. The van der Waals surface area contributed by atoms with E-state index >= 15 is 0 Å². The summed E-state index contributed by atoms with van der Waals surface area (Å²) in [5, 5.41) is 0. The van der Waals surface area contributed by atoms with Crippen molar-refractivity contribution in [2.75, 3.05) is 34.0 Å². The van der Waals surface area contributed by atoms with Crippen molar-refractivity contribution in [3.63, 3.8) is 0 Å². The first-order chi connectivity index (χ1) is 9.19. The van der Waals surface area contributed by atoms with Crippen molar-refractivity contribution in [2.24, 2.45) is 0 Å². The van der Waals surface area contributed by atoms with Crippen molar-refractivity contribution >= 4 is 0 Å². The lowest BCUT2D eigenvalue weighted by Gasteiger charge is -2.44. The summed E-state index contributed by atoms with van der Waals surface area (Å²) in [4.78, 5) is 0. The molecule has 0 radical (unpaired) electrons. The summed E-state index contributed by atoms with van der Waals surface area (Å²) in [6, 6.07) is 0. The van der Waals surface area contributed by atoms with E-state index in [2.05, 4.69) is 6.92 Å². The van der Waals surface area contributed by atoms with Crippen LogP contribution in [0.2, 0.25) is 0 Å². The molecule has 5 nitrogen and oxygen atoms in total. The Morgan fingerprint density at radius 3 is 2.26 bits per heavy atom. The molecule has 0 aromatic heterocycles. The Labute approximate surface area is 116 Å². The second-order valence-electron chi connectivity index (χ2n) is 4.79. The van der Waals surface area contributed by atoms with Gasteiger partial charge in [-0.1, -0.05) is 6.92 Å². The first-order valence-corrected chi connectivity index (χ1v) is 7.09. The average Bonchev–Trinajstić information content (AvgIpc) is 2.39. The van der Waals surface area contributed by atoms with E-state index in [1.54, 1.807) is 14.2 Å². The zero-order valence-corrected chi connectivity index (χ0v) is 12.8. The maximum absolute atomic E-state index is 5.96. The third-order valence-electron chi connectivity index (χ3n) is 3.34.